The highest BCUT2D eigenvalue weighted by molar-refractivity contribution is 5.79. The molecule has 20 heavy (non-hydrogen) atoms. The Balaban J connectivity index is 1.46. The summed E-state index contributed by atoms with van der Waals surface area (Å²) in [6, 6.07) is 11.9. The molecule has 0 radical (unpaired) electrons. The molecule has 1 aliphatic rings. The van der Waals surface area contributed by atoms with Crippen LogP contribution in [0.4, 0.5) is 5.82 Å². The molecule has 0 aliphatic heterocycles. The van der Waals surface area contributed by atoms with Gasteiger partial charge in [0.1, 0.15) is 5.82 Å². The van der Waals surface area contributed by atoms with E-state index in [1.807, 2.05) is 36.4 Å². The van der Waals surface area contributed by atoms with Crippen LogP contribution >= 0.6 is 0 Å². The quantitative estimate of drug-likeness (QED) is 0.789. The molecule has 1 aliphatic carbocycles. The van der Waals surface area contributed by atoms with Crippen LogP contribution in [0.1, 0.15) is 30.0 Å². The molecule has 2 aromatic rings. The maximum absolute atomic E-state index is 11.9. The third-order valence-corrected chi connectivity index (χ3v) is 3.77. The van der Waals surface area contributed by atoms with Crippen molar-refractivity contribution >= 4 is 11.7 Å². The first kappa shape index (κ1) is 12.7. The van der Waals surface area contributed by atoms with E-state index in [2.05, 4.69) is 15.5 Å². The summed E-state index contributed by atoms with van der Waals surface area (Å²) in [6.07, 6.45) is 2.34. The van der Waals surface area contributed by atoms with Crippen molar-refractivity contribution in [3.63, 3.8) is 0 Å². The van der Waals surface area contributed by atoms with Crippen molar-refractivity contribution in [3.8, 4) is 0 Å². The molecule has 0 bridgehead atoms. The molecule has 1 saturated carbocycles. The molecule has 3 rings (SSSR count). The summed E-state index contributed by atoms with van der Waals surface area (Å²) in [7, 11) is 0. The number of nitrogens with zero attached hydrogens (tertiary/aromatic N) is 1. The molecule has 1 amide bonds. The van der Waals surface area contributed by atoms with Crippen LogP contribution in [0.2, 0.25) is 0 Å². The number of nitrogen functional groups attached to an aromatic ring is 1. The number of rotatable bonds is 4. The Bertz CT molecular complexity index is 587. The van der Waals surface area contributed by atoms with Gasteiger partial charge in [-0.25, -0.2) is 0 Å². The number of hydrogen-bond acceptors (Lipinski definition) is 3. The minimum absolute atomic E-state index is 0.0868. The van der Waals surface area contributed by atoms with Crippen molar-refractivity contribution in [2.24, 2.45) is 0 Å². The smallest absolute Gasteiger partial charge is 0.224 e. The molecule has 5 nitrogen and oxygen atoms in total. The van der Waals surface area contributed by atoms with Gasteiger partial charge < -0.3 is 11.1 Å². The number of nitrogens with two attached hydrogens (primary N) is 1. The molecular formula is C15H18N4O. The Hall–Kier alpha value is -2.30. The zero-order valence-electron chi connectivity index (χ0n) is 11.2. The van der Waals surface area contributed by atoms with Crippen LogP contribution in [0.15, 0.2) is 36.4 Å². The first-order valence-electron chi connectivity index (χ1n) is 6.85. The van der Waals surface area contributed by atoms with Crippen molar-refractivity contribution in [2.45, 2.75) is 31.2 Å². The number of anilines is 1. The molecule has 0 atom stereocenters. The summed E-state index contributed by atoms with van der Waals surface area (Å²) in [5, 5.41) is 9.93. The van der Waals surface area contributed by atoms with E-state index >= 15 is 0 Å². The summed E-state index contributed by atoms with van der Waals surface area (Å²) in [5.41, 5.74) is 7.69. The van der Waals surface area contributed by atoms with Gasteiger partial charge in [0.05, 0.1) is 6.42 Å². The number of carbonyl (C=O) groups excluding carboxylic acids is 1. The van der Waals surface area contributed by atoms with Crippen molar-refractivity contribution in [1.29, 1.82) is 0 Å². The summed E-state index contributed by atoms with van der Waals surface area (Å²) in [4.78, 5) is 11.9. The van der Waals surface area contributed by atoms with Crippen LogP contribution in [-0.2, 0) is 11.2 Å². The summed E-state index contributed by atoms with van der Waals surface area (Å²) >= 11 is 0. The van der Waals surface area contributed by atoms with Crippen LogP contribution in [-0.4, -0.2) is 22.1 Å². The predicted molar refractivity (Wildman–Crippen MR) is 77.1 cm³/mol. The number of aromatic nitrogens is 2. The van der Waals surface area contributed by atoms with Gasteiger partial charge in [0.15, 0.2) is 0 Å². The molecule has 4 N–H and O–H groups in total. The Kier molecular flexibility index (Phi) is 3.41. The number of amides is 1. The average molecular weight is 270 g/mol. The normalized spacial score (nSPS) is 21.2. The highest BCUT2D eigenvalue weighted by Gasteiger charge is 2.32. The standard InChI is InChI=1S/C15H18N4O/c16-14-9-13(18-19-14)11-7-12(8-11)17-15(20)6-10-4-2-1-3-5-10/h1-5,9,11-12H,6-8H2,(H,17,20)(H3,16,18,19). The Morgan fingerprint density at radius 3 is 2.75 bits per heavy atom. The molecule has 1 heterocycles. The summed E-state index contributed by atoms with van der Waals surface area (Å²) in [5.74, 6) is 1.04. The van der Waals surface area contributed by atoms with Crippen molar-refractivity contribution < 1.29 is 4.79 Å². The van der Waals surface area contributed by atoms with E-state index in [4.69, 9.17) is 5.73 Å². The molecule has 0 saturated heterocycles. The second-order valence-electron chi connectivity index (χ2n) is 5.34. The van der Waals surface area contributed by atoms with Gasteiger partial charge in [-0.05, 0) is 18.4 Å². The Labute approximate surface area is 117 Å². The third-order valence-electron chi connectivity index (χ3n) is 3.77. The zero-order valence-corrected chi connectivity index (χ0v) is 11.2. The minimum Gasteiger partial charge on any atom is -0.382 e. The minimum atomic E-state index is 0.0868. The molecular weight excluding hydrogens is 252 g/mol. The number of benzene rings is 1. The van der Waals surface area contributed by atoms with E-state index in [9.17, 15) is 4.79 Å². The molecule has 0 spiro atoms. The third kappa shape index (κ3) is 2.82. The van der Waals surface area contributed by atoms with Gasteiger partial charge in [-0.1, -0.05) is 30.3 Å². The van der Waals surface area contributed by atoms with Gasteiger partial charge >= 0.3 is 0 Å². The molecule has 5 heteroatoms. The fourth-order valence-corrected chi connectivity index (χ4v) is 2.61. The lowest BCUT2D eigenvalue weighted by molar-refractivity contribution is -0.121. The summed E-state index contributed by atoms with van der Waals surface area (Å²) in [6.45, 7) is 0. The maximum Gasteiger partial charge on any atom is 0.224 e. The highest BCUT2D eigenvalue weighted by atomic mass is 16.1. The number of H-pyrrole nitrogens is 1. The molecule has 1 fully saturated rings. The molecule has 1 aromatic heterocycles. The van der Waals surface area contributed by atoms with Gasteiger partial charge in [-0.3, -0.25) is 9.89 Å². The van der Waals surface area contributed by atoms with Crippen LogP contribution in [0.3, 0.4) is 0 Å². The first-order valence-corrected chi connectivity index (χ1v) is 6.85. The van der Waals surface area contributed by atoms with E-state index in [0.717, 1.165) is 24.1 Å². The van der Waals surface area contributed by atoms with Gasteiger partial charge in [0, 0.05) is 23.7 Å². The number of carbonyl (C=O) groups is 1. The van der Waals surface area contributed by atoms with Crippen LogP contribution in [0, 0.1) is 0 Å². The van der Waals surface area contributed by atoms with Gasteiger partial charge in [0.2, 0.25) is 5.91 Å². The van der Waals surface area contributed by atoms with Gasteiger partial charge in [0.25, 0.3) is 0 Å². The van der Waals surface area contributed by atoms with E-state index in [1.165, 1.54) is 0 Å². The molecule has 1 aromatic carbocycles. The lowest BCUT2D eigenvalue weighted by atomic mass is 9.78. The lowest BCUT2D eigenvalue weighted by Gasteiger charge is -2.35. The molecule has 0 unspecified atom stereocenters. The average Bonchev–Trinajstić information content (AvgIpc) is 2.81. The van der Waals surface area contributed by atoms with E-state index in [-0.39, 0.29) is 11.9 Å². The van der Waals surface area contributed by atoms with Gasteiger partial charge in [-0.2, -0.15) is 5.10 Å². The van der Waals surface area contributed by atoms with Crippen molar-refractivity contribution in [1.82, 2.24) is 15.5 Å². The number of hydrogen-bond donors (Lipinski definition) is 3. The van der Waals surface area contributed by atoms with Crippen LogP contribution < -0.4 is 11.1 Å². The monoisotopic (exact) mass is 270 g/mol. The highest BCUT2D eigenvalue weighted by Crippen LogP contribution is 2.36. The van der Waals surface area contributed by atoms with Crippen LogP contribution in [0.5, 0.6) is 0 Å². The predicted octanol–water partition coefficient (Wildman–Crippen LogP) is 1.60. The number of nitrogens with one attached hydrogen (secondary N) is 2. The van der Waals surface area contributed by atoms with E-state index in [1.54, 1.807) is 0 Å². The Morgan fingerprint density at radius 1 is 1.35 bits per heavy atom. The first-order chi connectivity index (χ1) is 9.70. The van der Waals surface area contributed by atoms with E-state index in [0.29, 0.717) is 18.2 Å². The van der Waals surface area contributed by atoms with Crippen molar-refractivity contribution in [3.05, 3.63) is 47.7 Å². The Morgan fingerprint density at radius 2 is 2.10 bits per heavy atom. The fraction of sp³-hybridized carbons (Fsp3) is 0.333. The zero-order chi connectivity index (χ0) is 13.9. The fourth-order valence-electron chi connectivity index (χ4n) is 2.61. The maximum atomic E-state index is 11.9. The van der Waals surface area contributed by atoms with Crippen molar-refractivity contribution in [2.75, 3.05) is 5.73 Å². The second kappa shape index (κ2) is 5.36. The number of aromatic amines is 1. The van der Waals surface area contributed by atoms with Gasteiger partial charge in [-0.15, -0.1) is 0 Å². The molecule has 104 valence electrons. The van der Waals surface area contributed by atoms with Crippen LogP contribution in [0.25, 0.3) is 0 Å². The summed E-state index contributed by atoms with van der Waals surface area (Å²) < 4.78 is 0. The largest absolute Gasteiger partial charge is 0.382 e. The second-order valence-corrected chi connectivity index (χ2v) is 5.34. The lowest BCUT2D eigenvalue weighted by Crippen LogP contribution is -2.44. The topological polar surface area (TPSA) is 83.8 Å². The van der Waals surface area contributed by atoms with E-state index < -0.39 is 0 Å². The SMILES string of the molecule is Nc1cc(C2CC(NC(=O)Cc3ccccc3)C2)[nH]n1.